The maximum Gasteiger partial charge on any atom is 0.0281 e. The third-order valence-electron chi connectivity index (χ3n) is 2.94. The van der Waals surface area contributed by atoms with Crippen molar-refractivity contribution in [2.24, 2.45) is 0 Å². The van der Waals surface area contributed by atoms with Gasteiger partial charge in [-0.2, -0.15) is 0 Å². The number of piperidine rings is 1. The predicted molar refractivity (Wildman–Crippen MR) is 62.5 cm³/mol. The highest BCUT2D eigenvalue weighted by molar-refractivity contribution is 4.97. The lowest BCUT2D eigenvalue weighted by Crippen LogP contribution is -2.42. The van der Waals surface area contributed by atoms with Crippen LogP contribution in [0.2, 0.25) is 0 Å². The van der Waals surface area contributed by atoms with E-state index >= 15 is 0 Å². The Labute approximate surface area is 88.4 Å². The van der Waals surface area contributed by atoms with Crippen molar-refractivity contribution < 1.29 is 0 Å². The van der Waals surface area contributed by atoms with Crippen LogP contribution in [0.1, 0.15) is 33.1 Å². The molecule has 82 valence electrons. The fraction of sp³-hybridized carbons (Fsp3) is 0.833. The number of nitrogens with one attached hydrogen (secondary N) is 1. The van der Waals surface area contributed by atoms with Crippen molar-refractivity contribution in [2.45, 2.75) is 45.2 Å². The zero-order valence-corrected chi connectivity index (χ0v) is 9.79. The second kappa shape index (κ2) is 6.20. The van der Waals surface area contributed by atoms with Gasteiger partial charge in [0.25, 0.3) is 0 Å². The molecule has 1 unspecified atom stereocenters. The Bertz CT molecular complexity index is 175. The lowest BCUT2D eigenvalue weighted by atomic mass is 10.00. The normalized spacial score (nSPS) is 25.0. The van der Waals surface area contributed by atoms with Crippen molar-refractivity contribution in [1.29, 1.82) is 0 Å². The van der Waals surface area contributed by atoms with Gasteiger partial charge in [-0.1, -0.05) is 18.6 Å². The van der Waals surface area contributed by atoms with Gasteiger partial charge in [0.1, 0.15) is 0 Å². The number of hydrogen-bond donors (Lipinski definition) is 1. The largest absolute Gasteiger partial charge is 0.316 e. The first-order valence-electron chi connectivity index (χ1n) is 5.82. The molecule has 2 heteroatoms. The van der Waals surface area contributed by atoms with Crippen molar-refractivity contribution >= 4 is 0 Å². The summed E-state index contributed by atoms with van der Waals surface area (Å²) in [5.41, 5.74) is 0. The molecule has 1 saturated heterocycles. The van der Waals surface area contributed by atoms with Crippen LogP contribution in [0.5, 0.6) is 0 Å². The average Bonchev–Trinajstić information content (AvgIpc) is 2.19. The molecule has 0 amide bonds. The van der Waals surface area contributed by atoms with Crippen LogP contribution in [0.25, 0.3) is 0 Å². The van der Waals surface area contributed by atoms with Crippen LogP contribution < -0.4 is 5.32 Å². The van der Waals surface area contributed by atoms with E-state index in [4.69, 9.17) is 0 Å². The standard InChI is InChI=1S/C12H24N2/c1-11(2)14-10-5-4-7-12(14)8-6-9-13-3/h6,8,11-13H,4-5,7,9-10H2,1-3H3/b8-6-. The Morgan fingerprint density at radius 3 is 2.86 bits per heavy atom. The van der Waals surface area contributed by atoms with Gasteiger partial charge in [-0.05, 0) is 40.3 Å². The molecule has 0 aromatic heterocycles. The Balaban J connectivity index is 2.45. The van der Waals surface area contributed by atoms with Crippen LogP contribution >= 0.6 is 0 Å². The Morgan fingerprint density at radius 1 is 1.43 bits per heavy atom. The van der Waals surface area contributed by atoms with E-state index in [1.54, 1.807) is 0 Å². The number of likely N-dealkylation sites (tertiary alicyclic amines) is 1. The first-order chi connectivity index (χ1) is 6.75. The lowest BCUT2D eigenvalue weighted by molar-refractivity contribution is 0.140. The zero-order valence-electron chi connectivity index (χ0n) is 9.79. The minimum atomic E-state index is 0.678. The summed E-state index contributed by atoms with van der Waals surface area (Å²) in [6.45, 7) is 6.85. The minimum absolute atomic E-state index is 0.678. The molecule has 0 aromatic rings. The maximum absolute atomic E-state index is 3.15. The molecule has 1 N–H and O–H groups in total. The predicted octanol–water partition coefficient (Wildman–Crippen LogP) is 2.02. The van der Waals surface area contributed by atoms with Crippen molar-refractivity contribution in [3.8, 4) is 0 Å². The summed E-state index contributed by atoms with van der Waals surface area (Å²) in [6.07, 6.45) is 8.71. The summed E-state index contributed by atoms with van der Waals surface area (Å²) in [5.74, 6) is 0. The van der Waals surface area contributed by atoms with Gasteiger partial charge in [0.05, 0.1) is 0 Å². The van der Waals surface area contributed by atoms with E-state index in [0.29, 0.717) is 12.1 Å². The van der Waals surface area contributed by atoms with Crippen LogP contribution in [-0.2, 0) is 0 Å². The fourth-order valence-corrected chi connectivity index (χ4v) is 2.17. The first kappa shape index (κ1) is 11.7. The Kier molecular flexibility index (Phi) is 5.20. The Morgan fingerprint density at radius 2 is 2.21 bits per heavy atom. The number of rotatable bonds is 4. The Hall–Kier alpha value is -0.340. The highest BCUT2D eigenvalue weighted by Gasteiger charge is 2.21. The lowest BCUT2D eigenvalue weighted by Gasteiger charge is -2.37. The van der Waals surface area contributed by atoms with E-state index in [2.05, 4.69) is 36.2 Å². The highest BCUT2D eigenvalue weighted by atomic mass is 15.2. The van der Waals surface area contributed by atoms with Gasteiger partial charge >= 0.3 is 0 Å². The van der Waals surface area contributed by atoms with Gasteiger partial charge < -0.3 is 5.32 Å². The summed E-state index contributed by atoms with van der Waals surface area (Å²) < 4.78 is 0. The molecular formula is C12H24N2. The molecule has 0 aromatic carbocycles. The van der Waals surface area contributed by atoms with Crippen molar-refractivity contribution in [2.75, 3.05) is 20.1 Å². The van der Waals surface area contributed by atoms with Crippen LogP contribution in [0.3, 0.4) is 0 Å². The molecule has 0 saturated carbocycles. The zero-order chi connectivity index (χ0) is 10.4. The summed E-state index contributed by atoms with van der Waals surface area (Å²) in [5, 5.41) is 3.15. The number of nitrogens with zero attached hydrogens (tertiary/aromatic N) is 1. The molecule has 1 aliphatic rings. The third kappa shape index (κ3) is 3.43. The summed E-state index contributed by atoms with van der Waals surface area (Å²) >= 11 is 0. The monoisotopic (exact) mass is 196 g/mol. The van der Waals surface area contributed by atoms with Gasteiger partial charge in [-0.15, -0.1) is 0 Å². The first-order valence-corrected chi connectivity index (χ1v) is 5.82. The third-order valence-corrected chi connectivity index (χ3v) is 2.94. The number of hydrogen-bond acceptors (Lipinski definition) is 2. The van der Waals surface area contributed by atoms with Gasteiger partial charge in [0.2, 0.25) is 0 Å². The van der Waals surface area contributed by atoms with Gasteiger partial charge in [0.15, 0.2) is 0 Å². The smallest absolute Gasteiger partial charge is 0.0281 e. The maximum atomic E-state index is 3.15. The molecule has 1 fully saturated rings. The molecule has 1 atom stereocenters. The topological polar surface area (TPSA) is 15.3 Å². The van der Waals surface area contributed by atoms with E-state index in [-0.39, 0.29) is 0 Å². The highest BCUT2D eigenvalue weighted by Crippen LogP contribution is 2.20. The van der Waals surface area contributed by atoms with Crippen LogP contribution in [0.15, 0.2) is 12.2 Å². The van der Waals surface area contributed by atoms with E-state index < -0.39 is 0 Å². The quantitative estimate of drug-likeness (QED) is 0.692. The van der Waals surface area contributed by atoms with Gasteiger partial charge in [0, 0.05) is 18.6 Å². The molecule has 14 heavy (non-hydrogen) atoms. The van der Waals surface area contributed by atoms with Gasteiger partial charge in [-0.3, -0.25) is 4.90 Å². The molecular weight excluding hydrogens is 172 g/mol. The van der Waals surface area contributed by atoms with Crippen LogP contribution in [-0.4, -0.2) is 37.1 Å². The molecule has 2 nitrogen and oxygen atoms in total. The van der Waals surface area contributed by atoms with Crippen LogP contribution in [0, 0.1) is 0 Å². The van der Waals surface area contributed by atoms with Gasteiger partial charge in [-0.25, -0.2) is 0 Å². The summed E-state index contributed by atoms with van der Waals surface area (Å²) in [6, 6.07) is 1.36. The van der Waals surface area contributed by atoms with Crippen molar-refractivity contribution in [1.82, 2.24) is 10.2 Å². The van der Waals surface area contributed by atoms with E-state index in [1.165, 1.54) is 25.8 Å². The molecule has 0 radical (unpaired) electrons. The van der Waals surface area contributed by atoms with E-state index in [1.807, 2.05) is 7.05 Å². The van der Waals surface area contributed by atoms with Crippen molar-refractivity contribution in [3.63, 3.8) is 0 Å². The second-order valence-corrected chi connectivity index (χ2v) is 4.38. The van der Waals surface area contributed by atoms with Crippen molar-refractivity contribution in [3.05, 3.63) is 12.2 Å². The molecule has 0 aliphatic carbocycles. The average molecular weight is 196 g/mol. The molecule has 1 rings (SSSR count). The summed E-state index contributed by atoms with van der Waals surface area (Å²) in [4.78, 5) is 2.61. The summed E-state index contributed by atoms with van der Waals surface area (Å²) in [7, 11) is 1.99. The number of likely N-dealkylation sites (N-methyl/N-ethyl adjacent to an activating group) is 1. The molecule has 1 heterocycles. The molecule has 1 aliphatic heterocycles. The SMILES string of the molecule is CNC/C=C\C1CCCCN1C(C)C. The van der Waals surface area contributed by atoms with E-state index in [0.717, 1.165) is 6.54 Å². The van der Waals surface area contributed by atoms with E-state index in [9.17, 15) is 0 Å². The molecule has 0 spiro atoms. The van der Waals surface area contributed by atoms with Crippen LogP contribution in [0.4, 0.5) is 0 Å². The fourth-order valence-electron chi connectivity index (χ4n) is 2.17. The molecule has 0 bridgehead atoms. The minimum Gasteiger partial charge on any atom is -0.316 e. The second-order valence-electron chi connectivity index (χ2n) is 4.38.